The van der Waals surface area contributed by atoms with Crippen LogP contribution in [0.4, 0.5) is 0 Å². The van der Waals surface area contributed by atoms with Crippen molar-refractivity contribution in [2.75, 3.05) is 39.3 Å². The number of likely N-dealkylation sites (tertiary alicyclic amines) is 1. The molecule has 2 saturated heterocycles. The van der Waals surface area contributed by atoms with Gasteiger partial charge in [0.2, 0.25) is 0 Å². The molecule has 0 bridgehead atoms. The molecule has 3 heterocycles. The maximum atomic E-state index is 6.11. The van der Waals surface area contributed by atoms with Gasteiger partial charge in [-0.05, 0) is 32.4 Å². The van der Waals surface area contributed by atoms with E-state index in [-0.39, 0.29) is 0 Å². The van der Waals surface area contributed by atoms with Gasteiger partial charge < -0.3 is 9.64 Å². The third-order valence-corrected chi connectivity index (χ3v) is 4.99. The van der Waals surface area contributed by atoms with Crippen LogP contribution in [0.1, 0.15) is 56.8 Å². The summed E-state index contributed by atoms with van der Waals surface area (Å²) in [7, 11) is 0. The number of ether oxygens (including phenoxy) is 1. The van der Waals surface area contributed by atoms with Crippen molar-refractivity contribution >= 4 is 0 Å². The highest BCUT2D eigenvalue weighted by molar-refractivity contribution is 5.06. The fraction of sp³-hybridized carbons (Fsp3) is 0.789. The Labute approximate surface area is 146 Å². The van der Waals surface area contributed by atoms with Crippen LogP contribution in [0.3, 0.4) is 0 Å². The van der Waals surface area contributed by atoms with Crippen molar-refractivity contribution < 1.29 is 4.74 Å². The molecule has 2 fully saturated rings. The third-order valence-electron chi connectivity index (χ3n) is 4.99. The van der Waals surface area contributed by atoms with Crippen molar-refractivity contribution in [3.05, 3.63) is 23.8 Å². The molecule has 5 heteroatoms. The first-order chi connectivity index (χ1) is 11.7. The molecule has 1 aromatic rings. The molecule has 134 valence electrons. The van der Waals surface area contributed by atoms with Gasteiger partial charge >= 0.3 is 0 Å². The smallest absolute Gasteiger partial charge is 0.130 e. The second-order valence-corrected chi connectivity index (χ2v) is 7.55. The summed E-state index contributed by atoms with van der Waals surface area (Å²) in [5.41, 5.74) is 1.21. The van der Waals surface area contributed by atoms with Gasteiger partial charge in [-0.1, -0.05) is 20.3 Å². The Morgan fingerprint density at radius 1 is 1.04 bits per heavy atom. The molecule has 1 atom stereocenters. The first kappa shape index (κ1) is 17.8. The Morgan fingerprint density at radius 2 is 1.75 bits per heavy atom. The molecule has 24 heavy (non-hydrogen) atoms. The van der Waals surface area contributed by atoms with E-state index in [0.29, 0.717) is 12.0 Å². The Morgan fingerprint density at radius 3 is 2.46 bits per heavy atom. The molecular formula is C19H32N4O. The summed E-state index contributed by atoms with van der Waals surface area (Å²) < 4.78 is 6.11. The lowest BCUT2D eigenvalue weighted by molar-refractivity contribution is 0.0216. The van der Waals surface area contributed by atoms with Crippen molar-refractivity contribution in [3.8, 4) is 0 Å². The molecule has 3 rings (SSSR count). The van der Waals surface area contributed by atoms with E-state index in [1.807, 2.05) is 12.4 Å². The first-order valence-electron chi connectivity index (χ1n) is 9.58. The minimum atomic E-state index is 0.335. The second-order valence-electron chi connectivity index (χ2n) is 7.55. The quantitative estimate of drug-likeness (QED) is 0.829. The van der Waals surface area contributed by atoms with Gasteiger partial charge in [0.1, 0.15) is 5.82 Å². The Kier molecular flexibility index (Phi) is 6.58. The lowest BCUT2D eigenvalue weighted by Crippen LogP contribution is -2.42. The largest absolute Gasteiger partial charge is 0.376 e. The van der Waals surface area contributed by atoms with Crippen LogP contribution in [0.5, 0.6) is 0 Å². The van der Waals surface area contributed by atoms with Gasteiger partial charge in [-0.15, -0.1) is 0 Å². The predicted molar refractivity (Wildman–Crippen MR) is 96.0 cm³/mol. The molecule has 0 amide bonds. The first-order valence-corrected chi connectivity index (χ1v) is 9.58. The van der Waals surface area contributed by atoms with Gasteiger partial charge in [-0.3, -0.25) is 4.90 Å². The van der Waals surface area contributed by atoms with Crippen LogP contribution in [0.2, 0.25) is 0 Å². The molecule has 2 aliphatic rings. The van der Waals surface area contributed by atoms with Gasteiger partial charge in [0, 0.05) is 56.7 Å². The average Bonchev–Trinajstić information content (AvgIpc) is 2.81. The summed E-state index contributed by atoms with van der Waals surface area (Å²) in [5.74, 6) is 1.32. The van der Waals surface area contributed by atoms with Crippen molar-refractivity contribution in [2.45, 2.75) is 58.1 Å². The van der Waals surface area contributed by atoms with Crippen LogP contribution in [0.25, 0.3) is 0 Å². The highest BCUT2D eigenvalue weighted by atomic mass is 16.5. The lowest BCUT2D eigenvalue weighted by atomic mass is 10.1. The van der Waals surface area contributed by atoms with E-state index in [1.54, 1.807) is 0 Å². The summed E-state index contributed by atoms with van der Waals surface area (Å²) in [6, 6.07) is 0. The van der Waals surface area contributed by atoms with E-state index >= 15 is 0 Å². The van der Waals surface area contributed by atoms with Crippen LogP contribution in [-0.4, -0.2) is 65.2 Å². The van der Waals surface area contributed by atoms with E-state index in [1.165, 1.54) is 37.9 Å². The van der Waals surface area contributed by atoms with E-state index in [9.17, 15) is 0 Å². The van der Waals surface area contributed by atoms with E-state index in [4.69, 9.17) is 4.74 Å². The van der Waals surface area contributed by atoms with Gasteiger partial charge in [0.15, 0.2) is 0 Å². The van der Waals surface area contributed by atoms with Crippen LogP contribution < -0.4 is 0 Å². The lowest BCUT2D eigenvalue weighted by Gasteiger charge is -2.31. The van der Waals surface area contributed by atoms with Gasteiger partial charge in [0.05, 0.1) is 6.10 Å². The summed E-state index contributed by atoms with van der Waals surface area (Å²) in [6.45, 7) is 11.8. The highest BCUT2D eigenvalue weighted by Crippen LogP contribution is 2.15. The average molecular weight is 332 g/mol. The second kappa shape index (κ2) is 8.88. The number of nitrogens with zero attached hydrogens (tertiary/aromatic N) is 4. The molecule has 0 aromatic carbocycles. The Hall–Kier alpha value is -1.04. The van der Waals surface area contributed by atoms with Crippen LogP contribution in [0, 0.1) is 0 Å². The van der Waals surface area contributed by atoms with Crippen molar-refractivity contribution in [3.63, 3.8) is 0 Å². The SMILES string of the molecule is CC(C)c1ncc(CN2CCCOC(CN3CCCCC3)C2)cn1. The van der Waals surface area contributed by atoms with Crippen molar-refractivity contribution in [1.29, 1.82) is 0 Å². The zero-order chi connectivity index (χ0) is 16.8. The molecule has 0 aliphatic carbocycles. The molecule has 0 spiro atoms. The predicted octanol–water partition coefficient (Wildman–Crippen LogP) is 2.68. The number of aromatic nitrogens is 2. The Balaban J connectivity index is 1.54. The van der Waals surface area contributed by atoms with Crippen LogP contribution in [0.15, 0.2) is 12.4 Å². The number of rotatable bonds is 5. The minimum Gasteiger partial charge on any atom is -0.376 e. The van der Waals surface area contributed by atoms with E-state index < -0.39 is 0 Å². The maximum Gasteiger partial charge on any atom is 0.130 e. The third kappa shape index (κ3) is 5.23. The van der Waals surface area contributed by atoms with E-state index in [0.717, 1.165) is 45.0 Å². The molecule has 0 radical (unpaired) electrons. The summed E-state index contributed by atoms with van der Waals surface area (Å²) in [5, 5.41) is 0. The highest BCUT2D eigenvalue weighted by Gasteiger charge is 2.22. The van der Waals surface area contributed by atoms with Crippen LogP contribution in [-0.2, 0) is 11.3 Å². The van der Waals surface area contributed by atoms with Crippen LogP contribution >= 0.6 is 0 Å². The normalized spacial score (nSPS) is 24.2. The van der Waals surface area contributed by atoms with Gasteiger partial charge in [0.25, 0.3) is 0 Å². The number of piperidine rings is 1. The molecule has 5 nitrogen and oxygen atoms in total. The molecule has 2 aliphatic heterocycles. The number of hydrogen-bond donors (Lipinski definition) is 0. The summed E-state index contributed by atoms with van der Waals surface area (Å²) >= 11 is 0. The summed E-state index contributed by atoms with van der Waals surface area (Å²) in [4.78, 5) is 14.1. The Bertz CT molecular complexity index is 485. The minimum absolute atomic E-state index is 0.335. The molecule has 0 N–H and O–H groups in total. The van der Waals surface area contributed by atoms with E-state index in [2.05, 4.69) is 33.6 Å². The summed E-state index contributed by atoms with van der Waals surface area (Å²) in [6.07, 6.45) is 9.51. The molecule has 1 unspecified atom stereocenters. The fourth-order valence-electron chi connectivity index (χ4n) is 3.66. The molecule has 1 aromatic heterocycles. The van der Waals surface area contributed by atoms with Crippen molar-refractivity contribution in [1.82, 2.24) is 19.8 Å². The van der Waals surface area contributed by atoms with Crippen molar-refractivity contribution in [2.24, 2.45) is 0 Å². The molecular weight excluding hydrogens is 300 g/mol. The van der Waals surface area contributed by atoms with Gasteiger partial charge in [-0.25, -0.2) is 9.97 Å². The zero-order valence-corrected chi connectivity index (χ0v) is 15.3. The fourth-order valence-corrected chi connectivity index (χ4v) is 3.66. The zero-order valence-electron chi connectivity index (χ0n) is 15.3. The number of hydrogen-bond acceptors (Lipinski definition) is 5. The molecule has 0 saturated carbocycles. The monoisotopic (exact) mass is 332 g/mol. The standard InChI is InChI=1S/C19H32N4O/c1-16(2)19-20-11-17(12-21-19)13-23-9-6-10-24-18(15-23)14-22-7-4-3-5-8-22/h11-12,16,18H,3-10,13-15H2,1-2H3. The maximum absolute atomic E-state index is 6.11. The van der Waals surface area contributed by atoms with Gasteiger partial charge in [-0.2, -0.15) is 0 Å². The topological polar surface area (TPSA) is 41.5 Å².